The highest BCUT2D eigenvalue weighted by Gasteiger charge is 2.46. The Morgan fingerprint density at radius 3 is 2.47 bits per heavy atom. The standard InChI is InChI=1S/C23H28BrN3O5/c1-22(2,10-11-24)12-23(3,4)21(32)25-14-7-5-6-13-17(14)20(31)27(19(13)30)15-8-9-16(28)26-18(15)29/h5-7,15H,8-12H2,1-4H3,(H,25,32)(H,26,28,29). The van der Waals surface area contributed by atoms with Gasteiger partial charge < -0.3 is 5.32 Å². The zero-order valence-corrected chi connectivity index (χ0v) is 20.3. The van der Waals surface area contributed by atoms with Crippen molar-refractivity contribution < 1.29 is 24.0 Å². The van der Waals surface area contributed by atoms with Crippen LogP contribution in [0.5, 0.6) is 0 Å². The van der Waals surface area contributed by atoms with Gasteiger partial charge in [-0.1, -0.05) is 49.7 Å². The van der Waals surface area contributed by atoms with Crippen LogP contribution in [0.15, 0.2) is 18.2 Å². The van der Waals surface area contributed by atoms with Crippen molar-refractivity contribution in [2.45, 2.75) is 59.4 Å². The lowest BCUT2D eigenvalue weighted by atomic mass is 9.73. The van der Waals surface area contributed by atoms with E-state index in [1.165, 1.54) is 6.07 Å². The van der Waals surface area contributed by atoms with Gasteiger partial charge in [0.05, 0.1) is 16.8 Å². The van der Waals surface area contributed by atoms with Gasteiger partial charge in [0.2, 0.25) is 17.7 Å². The molecule has 2 N–H and O–H groups in total. The summed E-state index contributed by atoms with van der Waals surface area (Å²) in [7, 11) is 0. The second-order valence-electron chi connectivity index (χ2n) is 9.79. The molecule has 5 amide bonds. The molecule has 1 unspecified atom stereocenters. The molecule has 0 radical (unpaired) electrons. The maximum atomic E-state index is 13.2. The summed E-state index contributed by atoms with van der Waals surface area (Å²) in [5.74, 6) is -2.60. The topological polar surface area (TPSA) is 113 Å². The third-order valence-electron chi connectivity index (χ3n) is 6.02. The largest absolute Gasteiger partial charge is 0.325 e. The number of carbonyl (C=O) groups excluding carboxylic acids is 5. The third-order valence-corrected chi connectivity index (χ3v) is 6.42. The van der Waals surface area contributed by atoms with Crippen LogP contribution in [0.25, 0.3) is 0 Å². The number of fused-ring (bicyclic) bond motifs is 1. The highest BCUT2D eigenvalue weighted by Crippen LogP contribution is 2.38. The van der Waals surface area contributed by atoms with Crippen LogP contribution >= 0.6 is 15.9 Å². The number of piperidine rings is 1. The Labute approximate surface area is 195 Å². The van der Waals surface area contributed by atoms with Crippen molar-refractivity contribution >= 4 is 51.2 Å². The SMILES string of the molecule is CC(C)(CCBr)CC(C)(C)C(=O)Nc1cccc2c1C(=O)N(C1CCC(=O)NC1=O)C2=O. The lowest BCUT2D eigenvalue weighted by molar-refractivity contribution is -0.136. The molecule has 9 heteroatoms. The van der Waals surface area contributed by atoms with Gasteiger partial charge in [-0.25, -0.2) is 0 Å². The first-order valence-electron chi connectivity index (χ1n) is 10.6. The predicted octanol–water partition coefficient (Wildman–Crippen LogP) is 3.25. The minimum Gasteiger partial charge on any atom is -0.325 e. The van der Waals surface area contributed by atoms with Crippen LogP contribution in [0, 0.1) is 10.8 Å². The molecule has 2 aliphatic rings. The van der Waals surface area contributed by atoms with Gasteiger partial charge in [-0.3, -0.25) is 34.2 Å². The summed E-state index contributed by atoms with van der Waals surface area (Å²) in [6.45, 7) is 7.90. The molecule has 1 fully saturated rings. The summed E-state index contributed by atoms with van der Waals surface area (Å²) < 4.78 is 0. The van der Waals surface area contributed by atoms with Crippen LogP contribution in [-0.2, 0) is 14.4 Å². The molecule has 1 aromatic rings. The minimum atomic E-state index is -1.05. The van der Waals surface area contributed by atoms with Gasteiger partial charge in [-0.15, -0.1) is 0 Å². The summed E-state index contributed by atoms with van der Waals surface area (Å²) in [4.78, 5) is 63.9. The Morgan fingerprint density at radius 1 is 1.16 bits per heavy atom. The summed E-state index contributed by atoms with van der Waals surface area (Å²) in [5.41, 5.74) is -0.339. The second-order valence-corrected chi connectivity index (χ2v) is 10.6. The van der Waals surface area contributed by atoms with Gasteiger partial charge in [0.15, 0.2) is 0 Å². The fourth-order valence-corrected chi connectivity index (χ4v) is 5.60. The average molecular weight is 506 g/mol. The number of rotatable bonds is 7. The summed E-state index contributed by atoms with van der Waals surface area (Å²) in [5, 5.41) is 5.84. The summed E-state index contributed by atoms with van der Waals surface area (Å²) in [6.07, 6.45) is 1.65. The lowest BCUT2D eigenvalue weighted by Gasteiger charge is -2.33. The van der Waals surface area contributed by atoms with Gasteiger partial charge in [0.1, 0.15) is 6.04 Å². The van der Waals surface area contributed by atoms with E-state index in [0.29, 0.717) is 6.42 Å². The van der Waals surface area contributed by atoms with Crippen LogP contribution in [0.1, 0.15) is 74.1 Å². The molecule has 0 saturated carbocycles. The van der Waals surface area contributed by atoms with Crippen LogP contribution in [0.3, 0.4) is 0 Å². The number of halogens is 1. The number of anilines is 1. The average Bonchev–Trinajstić information content (AvgIpc) is 2.92. The number of alkyl halides is 1. The van der Waals surface area contributed by atoms with Crippen LogP contribution in [0.4, 0.5) is 5.69 Å². The normalized spacial score (nSPS) is 19.2. The first kappa shape index (κ1) is 24.1. The van der Waals surface area contributed by atoms with Crippen molar-refractivity contribution in [3.63, 3.8) is 0 Å². The molecule has 8 nitrogen and oxygen atoms in total. The van der Waals surface area contributed by atoms with E-state index in [0.717, 1.165) is 16.7 Å². The molecule has 1 atom stereocenters. The summed E-state index contributed by atoms with van der Waals surface area (Å²) in [6, 6.07) is 3.62. The molecule has 0 bridgehead atoms. The molecule has 1 saturated heterocycles. The van der Waals surface area contributed by atoms with Gasteiger partial charge in [0.25, 0.3) is 11.8 Å². The van der Waals surface area contributed by atoms with E-state index in [-0.39, 0.29) is 41.0 Å². The van der Waals surface area contributed by atoms with E-state index in [4.69, 9.17) is 0 Å². The van der Waals surface area contributed by atoms with Crippen LogP contribution < -0.4 is 10.6 Å². The molecular weight excluding hydrogens is 478 g/mol. The number of imide groups is 2. The monoisotopic (exact) mass is 505 g/mol. The van der Waals surface area contributed by atoms with Crippen molar-refractivity contribution in [2.24, 2.45) is 10.8 Å². The van der Waals surface area contributed by atoms with Crippen molar-refractivity contribution in [1.82, 2.24) is 10.2 Å². The van der Waals surface area contributed by atoms with E-state index in [1.54, 1.807) is 12.1 Å². The van der Waals surface area contributed by atoms with E-state index in [2.05, 4.69) is 40.4 Å². The number of amides is 5. The maximum absolute atomic E-state index is 13.2. The van der Waals surface area contributed by atoms with Gasteiger partial charge in [0, 0.05) is 17.2 Å². The Morgan fingerprint density at radius 2 is 1.84 bits per heavy atom. The van der Waals surface area contributed by atoms with Gasteiger partial charge >= 0.3 is 0 Å². The Balaban J connectivity index is 1.86. The number of hydrogen-bond acceptors (Lipinski definition) is 5. The zero-order chi connectivity index (χ0) is 23.8. The van der Waals surface area contributed by atoms with E-state index < -0.39 is 35.1 Å². The van der Waals surface area contributed by atoms with E-state index in [1.807, 2.05) is 13.8 Å². The number of hydrogen-bond donors (Lipinski definition) is 2. The molecule has 0 aliphatic carbocycles. The van der Waals surface area contributed by atoms with Crippen molar-refractivity contribution in [3.05, 3.63) is 29.3 Å². The summed E-state index contributed by atoms with van der Waals surface area (Å²) >= 11 is 3.45. The first-order valence-corrected chi connectivity index (χ1v) is 11.7. The Hall–Kier alpha value is -2.55. The minimum absolute atomic E-state index is 0.0474. The lowest BCUT2D eigenvalue weighted by Crippen LogP contribution is -2.54. The predicted molar refractivity (Wildman–Crippen MR) is 122 cm³/mol. The molecule has 2 heterocycles. The molecule has 32 heavy (non-hydrogen) atoms. The fraction of sp³-hybridized carbons (Fsp3) is 0.522. The molecule has 3 rings (SSSR count). The van der Waals surface area contributed by atoms with Crippen LogP contribution in [-0.4, -0.2) is 45.8 Å². The molecule has 2 aliphatic heterocycles. The number of carbonyl (C=O) groups is 5. The van der Waals surface area contributed by atoms with Crippen molar-refractivity contribution in [2.75, 3.05) is 10.6 Å². The molecular formula is C23H28BrN3O5. The van der Waals surface area contributed by atoms with E-state index in [9.17, 15) is 24.0 Å². The fourth-order valence-electron chi connectivity index (χ4n) is 4.53. The second kappa shape index (κ2) is 8.77. The quantitative estimate of drug-likeness (QED) is 0.436. The van der Waals surface area contributed by atoms with E-state index >= 15 is 0 Å². The number of benzene rings is 1. The van der Waals surface area contributed by atoms with Gasteiger partial charge in [-0.05, 0) is 36.8 Å². The maximum Gasteiger partial charge on any atom is 0.264 e. The third kappa shape index (κ3) is 4.62. The smallest absolute Gasteiger partial charge is 0.264 e. The highest BCUT2D eigenvalue weighted by atomic mass is 79.9. The van der Waals surface area contributed by atoms with Crippen molar-refractivity contribution in [3.8, 4) is 0 Å². The van der Waals surface area contributed by atoms with Crippen LogP contribution in [0.2, 0.25) is 0 Å². The molecule has 0 aromatic heterocycles. The highest BCUT2D eigenvalue weighted by molar-refractivity contribution is 9.09. The van der Waals surface area contributed by atoms with Crippen molar-refractivity contribution in [1.29, 1.82) is 0 Å². The Bertz CT molecular complexity index is 1000. The van der Waals surface area contributed by atoms with Gasteiger partial charge in [-0.2, -0.15) is 0 Å². The number of nitrogens with one attached hydrogen (secondary N) is 2. The zero-order valence-electron chi connectivity index (χ0n) is 18.7. The molecule has 0 spiro atoms. The number of nitrogens with zero attached hydrogens (tertiary/aromatic N) is 1. The first-order chi connectivity index (χ1) is 14.9. The molecule has 1 aromatic carbocycles. The Kier molecular flexibility index (Phi) is 6.60. The molecule has 172 valence electrons.